The number of benzene rings is 1. The molecule has 7 heteroatoms. The van der Waals surface area contributed by atoms with Crippen molar-refractivity contribution < 1.29 is 14.5 Å². The number of carbonyl (C=O) groups excluding carboxylic acids is 2. The summed E-state index contributed by atoms with van der Waals surface area (Å²) in [6, 6.07) is 4.62. The number of amides is 2. The first-order chi connectivity index (χ1) is 9.76. The molecule has 21 heavy (non-hydrogen) atoms. The normalized spacial score (nSPS) is 17.3. The van der Waals surface area contributed by atoms with Gasteiger partial charge in [0.2, 0.25) is 5.91 Å². The van der Waals surface area contributed by atoms with Crippen LogP contribution in [-0.2, 0) is 4.79 Å². The van der Waals surface area contributed by atoms with Crippen LogP contribution in [0.4, 0.5) is 5.69 Å². The molecule has 1 N–H and O–H groups in total. The lowest BCUT2D eigenvalue weighted by molar-refractivity contribution is -0.385. The first-order valence-corrected chi connectivity index (χ1v) is 6.61. The number of nitrogens with zero attached hydrogens (tertiary/aromatic N) is 2. The van der Waals surface area contributed by atoms with Gasteiger partial charge in [-0.3, -0.25) is 19.7 Å². The van der Waals surface area contributed by atoms with E-state index in [2.05, 4.69) is 5.32 Å². The molecule has 1 aromatic rings. The van der Waals surface area contributed by atoms with E-state index in [0.717, 1.165) is 0 Å². The smallest absolute Gasteiger partial charge is 0.285 e. The summed E-state index contributed by atoms with van der Waals surface area (Å²) in [6.07, 6.45) is 0. The number of rotatable bonds is 2. The summed E-state index contributed by atoms with van der Waals surface area (Å²) in [6.45, 7) is 5.50. The maximum absolute atomic E-state index is 12.7. The molecule has 1 aromatic carbocycles. The van der Waals surface area contributed by atoms with Crippen molar-refractivity contribution in [3.05, 3.63) is 39.4 Å². The zero-order valence-electron chi connectivity index (χ0n) is 12.2. The highest BCUT2D eigenvalue weighted by atomic mass is 16.6. The van der Waals surface area contributed by atoms with E-state index in [4.69, 9.17) is 0 Å². The third-order valence-corrected chi connectivity index (χ3v) is 3.75. The maximum Gasteiger partial charge on any atom is 0.285 e. The average Bonchev–Trinajstić information content (AvgIpc) is 2.40. The minimum atomic E-state index is -1.03. The van der Waals surface area contributed by atoms with Gasteiger partial charge in [0.05, 0.1) is 4.92 Å². The summed E-state index contributed by atoms with van der Waals surface area (Å²) in [5.74, 6) is -0.761. The number of para-hydroxylation sites is 1. The molecule has 0 saturated carbocycles. The van der Waals surface area contributed by atoms with E-state index in [9.17, 15) is 19.7 Å². The Bertz CT molecular complexity index is 625. The number of piperazine rings is 1. The van der Waals surface area contributed by atoms with Crippen LogP contribution < -0.4 is 5.32 Å². The SMILES string of the molecule is Cc1cccc(C(=O)N2CCNC(=O)C2(C)C)c1[N+](=O)[O-]. The fourth-order valence-corrected chi connectivity index (χ4v) is 2.47. The Kier molecular flexibility index (Phi) is 3.67. The predicted molar refractivity (Wildman–Crippen MR) is 76.0 cm³/mol. The average molecular weight is 291 g/mol. The van der Waals surface area contributed by atoms with Crippen molar-refractivity contribution in [2.24, 2.45) is 0 Å². The van der Waals surface area contributed by atoms with Crippen LogP contribution >= 0.6 is 0 Å². The van der Waals surface area contributed by atoms with Crippen molar-refractivity contribution in [1.82, 2.24) is 10.2 Å². The van der Waals surface area contributed by atoms with E-state index < -0.39 is 16.4 Å². The first-order valence-electron chi connectivity index (χ1n) is 6.61. The van der Waals surface area contributed by atoms with E-state index in [1.54, 1.807) is 32.9 Å². The van der Waals surface area contributed by atoms with Crippen LogP contribution in [0.2, 0.25) is 0 Å². The minimum Gasteiger partial charge on any atom is -0.352 e. The van der Waals surface area contributed by atoms with Gasteiger partial charge >= 0.3 is 0 Å². The summed E-state index contributed by atoms with van der Waals surface area (Å²) in [4.78, 5) is 36.6. The van der Waals surface area contributed by atoms with Crippen LogP contribution in [0.15, 0.2) is 18.2 Å². The predicted octanol–water partition coefficient (Wildman–Crippen LogP) is 1.25. The van der Waals surface area contributed by atoms with E-state index in [1.807, 2.05) is 0 Å². The van der Waals surface area contributed by atoms with Gasteiger partial charge in [-0.1, -0.05) is 12.1 Å². The quantitative estimate of drug-likeness (QED) is 0.655. The molecule has 0 aromatic heterocycles. The Balaban J connectivity index is 2.48. The van der Waals surface area contributed by atoms with Gasteiger partial charge in [-0.15, -0.1) is 0 Å². The number of aryl methyl sites for hydroxylation is 1. The molecule has 7 nitrogen and oxygen atoms in total. The van der Waals surface area contributed by atoms with Crippen molar-refractivity contribution in [1.29, 1.82) is 0 Å². The Morgan fingerprint density at radius 2 is 2.10 bits per heavy atom. The van der Waals surface area contributed by atoms with Gasteiger partial charge in [0.25, 0.3) is 11.6 Å². The van der Waals surface area contributed by atoms with Crippen molar-refractivity contribution in [2.75, 3.05) is 13.1 Å². The molecule has 1 saturated heterocycles. The highest BCUT2D eigenvalue weighted by Gasteiger charge is 2.42. The van der Waals surface area contributed by atoms with Gasteiger partial charge in [0.15, 0.2) is 0 Å². The number of hydrogen-bond acceptors (Lipinski definition) is 4. The summed E-state index contributed by atoms with van der Waals surface area (Å²) in [5, 5.41) is 13.9. The zero-order chi connectivity index (χ0) is 15.8. The van der Waals surface area contributed by atoms with Gasteiger partial charge in [0, 0.05) is 18.7 Å². The Morgan fingerprint density at radius 3 is 2.71 bits per heavy atom. The summed E-state index contributed by atoms with van der Waals surface area (Å²) in [5.41, 5.74) is -0.801. The van der Waals surface area contributed by atoms with Gasteiger partial charge in [-0.2, -0.15) is 0 Å². The van der Waals surface area contributed by atoms with Crippen LogP contribution in [-0.4, -0.2) is 40.3 Å². The summed E-state index contributed by atoms with van der Waals surface area (Å²) < 4.78 is 0. The van der Waals surface area contributed by atoms with Gasteiger partial charge in [0.1, 0.15) is 11.1 Å². The molecule has 112 valence electrons. The topological polar surface area (TPSA) is 92.6 Å². The zero-order valence-corrected chi connectivity index (χ0v) is 12.2. The van der Waals surface area contributed by atoms with Gasteiger partial charge in [-0.25, -0.2) is 0 Å². The second kappa shape index (κ2) is 5.16. The molecule has 0 radical (unpaired) electrons. The second-order valence-electron chi connectivity index (χ2n) is 5.50. The Hall–Kier alpha value is -2.44. The first kappa shape index (κ1) is 15.0. The Morgan fingerprint density at radius 1 is 1.43 bits per heavy atom. The van der Waals surface area contributed by atoms with Crippen molar-refractivity contribution >= 4 is 17.5 Å². The Labute approximate surface area is 122 Å². The molecular weight excluding hydrogens is 274 g/mol. The minimum absolute atomic E-state index is 0.0165. The number of nitrogens with one attached hydrogen (secondary N) is 1. The third-order valence-electron chi connectivity index (χ3n) is 3.75. The van der Waals surface area contributed by atoms with Crippen LogP contribution in [0, 0.1) is 17.0 Å². The summed E-state index contributed by atoms with van der Waals surface area (Å²) in [7, 11) is 0. The molecular formula is C14H17N3O4. The highest BCUT2D eigenvalue weighted by Crippen LogP contribution is 2.27. The molecule has 1 aliphatic heterocycles. The molecule has 0 unspecified atom stereocenters. The molecule has 1 heterocycles. The van der Waals surface area contributed by atoms with E-state index in [1.165, 1.54) is 11.0 Å². The molecule has 0 spiro atoms. The fraction of sp³-hybridized carbons (Fsp3) is 0.429. The molecule has 0 aliphatic carbocycles. The lowest BCUT2D eigenvalue weighted by atomic mass is 9.96. The van der Waals surface area contributed by atoms with Gasteiger partial charge in [-0.05, 0) is 26.8 Å². The monoisotopic (exact) mass is 291 g/mol. The number of hydrogen-bond donors (Lipinski definition) is 1. The number of nitro groups is 1. The second-order valence-corrected chi connectivity index (χ2v) is 5.50. The molecule has 0 bridgehead atoms. The van der Waals surface area contributed by atoms with E-state index in [0.29, 0.717) is 18.7 Å². The van der Waals surface area contributed by atoms with E-state index >= 15 is 0 Å². The third kappa shape index (κ3) is 2.46. The number of nitro benzene ring substituents is 1. The fourth-order valence-electron chi connectivity index (χ4n) is 2.47. The van der Waals surface area contributed by atoms with Crippen LogP contribution in [0.1, 0.15) is 29.8 Å². The van der Waals surface area contributed by atoms with E-state index in [-0.39, 0.29) is 17.2 Å². The molecule has 1 aliphatic rings. The lowest BCUT2D eigenvalue weighted by Gasteiger charge is -2.41. The van der Waals surface area contributed by atoms with Crippen LogP contribution in [0.3, 0.4) is 0 Å². The van der Waals surface area contributed by atoms with Crippen LogP contribution in [0.25, 0.3) is 0 Å². The standard InChI is InChI=1S/C14H17N3O4/c1-9-5-4-6-10(11(9)17(20)21)12(18)16-8-7-15-13(19)14(16,2)3/h4-6H,7-8H2,1-3H3,(H,15,19). The maximum atomic E-state index is 12.7. The van der Waals surface area contributed by atoms with Crippen molar-refractivity contribution in [2.45, 2.75) is 26.3 Å². The van der Waals surface area contributed by atoms with Gasteiger partial charge < -0.3 is 10.2 Å². The van der Waals surface area contributed by atoms with Crippen LogP contribution in [0.5, 0.6) is 0 Å². The van der Waals surface area contributed by atoms with Crippen molar-refractivity contribution in [3.63, 3.8) is 0 Å². The lowest BCUT2D eigenvalue weighted by Crippen LogP contribution is -2.63. The highest BCUT2D eigenvalue weighted by molar-refractivity contribution is 6.02. The molecule has 1 fully saturated rings. The number of carbonyl (C=O) groups is 2. The summed E-state index contributed by atoms with van der Waals surface area (Å²) >= 11 is 0. The molecule has 2 amide bonds. The largest absolute Gasteiger partial charge is 0.352 e. The molecule has 2 rings (SSSR count). The van der Waals surface area contributed by atoms with Crippen molar-refractivity contribution in [3.8, 4) is 0 Å². The molecule has 0 atom stereocenters.